The fourth-order valence-corrected chi connectivity index (χ4v) is 1.42. The monoisotopic (exact) mass is 325 g/mol. The van der Waals surface area contributed by atoms with E-state index in [0.717, 1.165) is 0 Å². The van der Waals surface area contributed by atoms with Gasteiger partial charge in [0.05, 0.1) is 10.6 Å². The fourth-order valence-electron chi connectivity index (χ4n) is 1.16. The van der Waals surface area contributed by atoms with E-state index in [2.05, 4.69) is 0 Å². The minimum atomic E-state index is -0.189. The first-order valence-electron chi connectivity index (χ1n) is 3.37. The second kappa shape index (κ2) is 4.11. The Morgan fingerprint density at radius 1 is 1.46 bits per heavy atom. The summed E-state index contributed by atoms with van der Waals surface area (Å²) in [5, 5.41) is 9.56. The van der Waals surface area contributed by atoms with Crippen molar-refractivity contribution >= 4 is 17.4 Å². The summed E-state index contributed by atoms with van der Waals surface area (Å²) in [6.07, 6.45) is 0. The molecule has 13 heavy (non-hydrogen) atoms. The summed E-state index contributed by atoms with van der Waals surface area (Å²) in [4.78, 5) is 11.1. The molecule has 1 heterocycles. The van der Waals surface area contributed by atoms with E-state index in [4.69, 9.17) is 16.3 Å². The number of halogens is 1. The Bertz CT molecular complexity index is 365. The largest absolute Gasteiger partial charge is 0.504 e. The number of benzene rings is 1. The maximum absolute atomic E-state index is 11.1. The molecule has 5 heteroatoms. The van der Waals surface area contributed by atoms with Crippen LogP contribution in [0.15, 0.2) is 12.1 Å². The summed E-state index contributed by atoms with van der Waals surface area (Å²) in [6, 6.07) is 2.88. The zero-order valence-corrected chi connectivity index (χ0v) is 11.0. The van der Waals surface area contributed by atoms with Gasteiger partial charge in [0, 0.05) is 41.3 Å². The van der Waals surface area contributed by atoms with Gasteiger partial charge in [-0.3, -0.25) is 4.79 Å². The number of carbonyl (C=O) groups excluding carboxylic acids is 1. The van der Waals surface area contributed by atoms with Gasteiger partial charge < -0.3 is 9.84 Å². The number of ether oxygens (including phenoxy) is 1. The normalized spacial score (nSPS) is 13.2. The molecule has 1 aliphatic heterocycles. The number of phenolic OH excluding ortho intramolecular Hbond substituents is 1. The smallest absolute Gasteiger partial charge is 0.205 e. The molecule has 0 aliphatic carbocycles. The van der Waals surface area contributed by atoms with Gasteiger partial charge in [0.15, 0.2) is 18.1 Å². The average molecular weight is 325 g/mol. The number of aromatic hydroxyl groups is 1. The third kappa shape index (κ3) is 1.83. The summed E-state index contributed by atoms with van der Waals surface area (Å²) >= 11 is 5.72. The Kier molecular flexibility index (Phi) is 3.55. The van der Waals surface area contributed by atoms with Gasteiger partial charge in [-0.1, -0.05) is 11.6 Å². The molecule has 65 valence electrons. The number of ketones is 1. The van der Waals surface area contributed by atoms with E-state index >= 15 is 0 Å². The molecular formula is C8H5ClO3Pr. The van der Waals surface area contributed by atoms with E-state index in [-0.39, 0.29) is 70.7 Å². The van der Waals surface area contributed by atoms with Crippen LogP contribution >= 0.6 is 11.6 Å². The predicted octanol–water partition coefficient (Wildman–Crippen LogP) is 1.62. The number of Topliss-reactive ketones (excluding diaryl/α,β-unsaturated/α-hetero) is 1. The van der Waals surface area contributed by atoms with Gasteiger partial charge in [-0.2, -0.15) is 0 Å². The molecule has 1 aromatic carbocycles. The summed E-state index contributed by atoms with van der Waals surface area (Å²) in [6.45, 7) is -0.0351. The topological polar surface area (TPSA) is 46.5 Å². The van der Waals surface area contributed by atoms with E-state index in [9.17, 15) is 9.90 Å². The van der Waals surface area contributed by atoms with Crippen LogP contribution in [-0.4, -0.2) is 17.5 Å². The van der Waals surface area contributed by atoms with Crippen molar-refractivity contribution in [2.45, 2.75) is 0 Å². The minimum absolute atomic E-state index is 0. The molecule has 2 rings (SSSR count). The van der Waals surface area contributed by atoms with E-state index in [1.165, 1.54) is 12.1 Å². The molecule has 1 N–H and O–H groups in total. The van der Waals surface area contributed by atoms with Gasteiger partial charge in [0.25, 0.3) is 0 Å². The molecule has 0 bridgehead atoms. The fraction of sp³-hybridized carbons (Fsp3) is 0.125. The Labute approximate surface area is 113 Å². The minimum Gasteiger partial charge on any atom is -0.504 e. The van der Waals surface area contributed by atoms with E-state index in [1.807, 2.05) is 0 Å². The van der Waals surface area contributed by atoms with Crippen LogP contribution < -0.4 is 4.74 Å². The third-order valence-corrected chi connectivity index (χ3v) is 2.03. The molecule has 0 saturated carbocycles. The molecule has 0 amide bonds. The summed E-state index contributed by atoms with van der Waals surface area (Å²) < 4.78 is 4.94. The van der Waals surface area contributed by atoms with Crippen molar-refractivity contribution in [3.05, 3.63) is 22.7 Å². The van der Waals surface area contributed by atoms with Crippen molar-refractivity contribution in [3.8, 4) is 11.5 Å². The van der Waals surface area contributed by atoms with Gasteiger partial charge in [-0.15, -0.1) is 0 Å². The SMILES string of the molecule is O=C1COc2c(O)ccc(Cl)c21.[Pr]. The maximum atomic E-state index is 11.1. The quantitative estimate of drug-likeness (QED) is 0.788. The van der Waals surface area contributed by atoms with Gasteiger partial charge in [0.2, 0.25) is 5.78 Å². The third-order valence-electron chi connectivity index (χ3n) is 1.71. The number of hydrogen-bond acceptors (Lipinski definition) is 3. The average Bonchev–Trinajstić information content (AvgIpc) is 2.42. The summed E-state index contributed by atoms with van der Waals surface area (Å²) in [7, 11) is 0. The van der Waals surface area contributed by atoms with Crippen LogP contribution in [0.2, 0.25) is 5.02 Å². The first-order chi connectivity index (χ1) is 5.70. The molecule has 0 unspecified atom stereocenters. The van der Waals surface area contributed by atoms with Crippen LogP contribution in [-0.2, 0) is 0 Å². The van der Waals surface area contributed by atoms with Crippen molar-refractivity contribution < 1.29 is 55.9 Å². The van der Waals surface area contributed by atoms with Crippen molar-refractivity contribution in [2.24, 2.45) is 0 Å². The first-order valence-corrected chi connectivity index (χ1v) is 3.75. The maximum Gasteiger partial charge on any atom is 0.205 e. The van der Waals surface area contributed by atoms with Gasteiger partial charge >= 0.3 is 0 Å². The Morgan fingerprint density at radius 2 is 2.15 bits per heavy atom. The zero-order valence-electron chi connectivity index (χ0n) is 6.58. The molecule has 0 atom stereocenters. The Balaban J connectivity index is 0.000000845. The van der Waals surface area contributed by atoms with Crippen molar-refractivity contribution in [2.75, 3.05) is 6.61 Å². The van der Waals surface area contributed by atoms with Crippen molar-refractivity contribution in [3.63, 3.8) is 0 Å². The Hall–Kier alpha value is 0.144. The molecule has 1 aromatic rings. The van der Waals surface area contributed by atoms with Crippen LogP contribution in [0.5, 0.6) is 11.5 Å². The van der Waals surface area contributed by atoms with E-state index < -0.39 is 0 Å². The zero-order chi connectivity index (χ0) is 8.72. The van der Waals surface area contributed by atoms with E-state index in [1.54, 1.807) is 0 Å². The molecule has 0 fully saturated rings. The van der Waals surface area contributed by atoms with Gasteiger partial charge in [0.1, 0.15) is 0 Å². The predicted molar refractivity (Wildman–Crippen MR) is 42.9 cm³/mol. The van der Waals surface area contributed by atoms with Crippen molar-refractivity contribution in [1.82, 2.24) is 0 Å². The van der Waals surface area contributed by atoms with Crippen LogP contribution in [0.25, 0.3) is 0 Å². The second-order valence-electron chi connectivity index (χ2n) is 2.48. The Morgan fingerprint density at radius 3 is 2.77 bits per heavy atom. The summed E-state index contributed by atoms with van der Waals surface area (Å²) in [5.74, 6) is -0.0290. The van der Waals surface area contributed by atoms with Crippen LogP contribution in [0.4, 0.5) is 0 Å². The van der Waals surface area contributed by atoms with Crippen LogP contribution in [0.3, 0.4) is 0 Å². The second-order valence-corrected chi connectivity index (χ2v) is 2.89. The number of phenols is 1. The number of carbonyl (C=O) groups is 1. The van der Waals surface area contributed by atoms with Crippen LogP contribution in [0.1, 0.15) is 10.4 Å². The number of rotatable bonds is 0. The number of fused-ring (bicyclic) bond motifs is 1. The molecule has 0 saturated heterocycles. The van der Waals surface area contributed by atoms with Gasteiger partial charge in [-0.25, -0.2) is 0 Å². The van der Waals surface area contributed by atoms with Crippen molar-refractivity contribution in [1.29, 1.82) is 0 Å². The number of hydrogen-bond donors (Lipinski definition) is 1. The molecule has 0 spiro atoms. The van der Waals surface area contributed by atoms with Gasteiger partial charge in [-0.05, 0) is 12.1 Å². The molecule has 1 radical (unpaired) electrons. The molecule has 1 aliphatic rings. The molecule has 3 nitrogen and oxygen atoms in total. The van der Waals surface area contributed by atoms with E-state index in [0.29, 0.717) is 5.02 Å². The molecular weight excluding hydrogens is 320 g/mol. The first kappa shape index (κ1) is 11.2. The standard InChI is InChI=1S/C8H5ClO3.Pr/c9-4-1-2-5(10)8-7(4)6(11)3-12-8;/h1-2,10H,3H2;. The molecule has 0 aromatic heterocycles. The van der Waals surface area contributed by atoms with Crippen LogP contribution in [0, 0.1) is 41.3 Å². The summed E-state index contributed by atoms with van der Waals surface area (Å²) in [5.41, 5.74) is 0.289.